The van der Waals surface area contributed by atoms with E-state index in [-0.39, 0.29) is 23.2 Å². The lowest BCUT2D eigenvalue weighted by Gasteiger charge is -2.13. The van der Waals surface area contributed by atoms with Crippen LogP contribution < -0.4 is 10.6 Å². The average Bonchev–Trinajstić information content (AvgIpc) is 2.29. The topological polar surface area (TPSA) is 45.7 Å². The van der Waals surface area contributed by atoms with Gasteiger partial charge in [-0.25, -0.2) is 0 Å². The molecule has 3 N–H and O–H groups in total. The summed E-state index contributed by atoms with van der Waals surface area (Å²) in [6.45, 7) is 5.65. The van der Waals surface area contributed by atoms with Crippen LogP contribution in [0, 0.1) is 5.92 Å². The highest BCUT2D eigenvalue weighted by molar-refractivity contribution is 5.92. The van der Waals surface area contributed by atoms with Gasteiger partial charge in [0.1, 0.15) is 11.3 Å². The van der Waals surface area contributed by atoms with E-state index in [4.69, 9.17) is 0 Å². The van der Waals surface area contributed by atoms with Crippen LogP contribution in [0.2, 0.25) is 0 Å². The standard InChI is InChI=1S/C13H17F3N2O/c1-4-17-11-6-5-9(18-12(19)8(2)3)7-10(11)13(14,15)16/h5-8,17H,4H2,1-3H3,(H,18,19)/p+1. The van der Waals surface area contributed by atoms with E-state index in [9.17, 15) is 18.0 Å². The molecule has 0 aromatic heterocycles. The van der Waals surface area contributed by atoms with Crippen molar-refractivity contribution in [2.75, 3.05) is 11.9 Å². The summed E-state index contributed by atoms with van der Waals surface area (Å²) < 4.78 is 38.7. The number of benzene rings is 1. The number of rotatable bonds is 4. The molecular weight excluding hydrogens is 257 g/mol. The average molecular weight is 275 g/mol. The highest BCUT2D eigenvalue weighted by Gasteiger charge is 2.35. The third-order valence-electron chi connectivity index (χ3n) is 2.57. The van der Waals surface area contributed by atoms with E-state index < -0.39 is 11.7 Å². The van der Waals surface area contributed by atoms with Crippen molar-refractivity contribution in [3.63, 3.8) is 0 Å². The van der Waals surface area contributed by atoms with Gasteiger partial charge in [0, 0.05) is 17.7 Å². The summed E-state index contributed by atoms with van der Waals surface area (Å²) >= 11 is 0. The van der Waals surface area contributed by atoms with Crippen molar-refractivity contribution in [1.29, 1.82) is 0 Å². The quantitative estimate of drug-likeness (QED) is 0.815. The second kappa shape index (κ2) is 6.06. The normalized spacial score (nSPS) is 11.7. The van der Waals surface area contributed by atoms with Gasteiger partial charge in [-0.2, -0.15) is 13.2 Å². The van der Waals surface area contributed by atoms with Crippen molar-refractivity contribution in [2.45, 2.75) is 26.9 Å². The fourth-order valence-corrected chi connectivity index (χ4v) is 1.56. The third kappa shape index (κ3) is 4.24. The molecular formula is C13H18F3N2O+. The maximum atomic E-state index is 12.9. The summed E-state index contributed by atoms with van der Waals surface area (Å²) in [4.78, 5) is 11.5. The molecule has 0 fully saturated rings. The summed E-state index contributed by atoms with van der Waals surface area (Å²) in [7, 11) is 0. The Morgan fingerprint density at radius 1 is 1.37 bits per heavy atom. The van der Waals surface area contributed by atoms with Gasteiger partial charge in [-0.15, -0.1) is 0 Å². The van der Waals surface area contributed by atoms with Gasteiger partial charge in [-0.1, -0.05) is 13.8 Å². The summed E-state index contributed by atoms with van der Waals surface area (Å²) in [5.74, 6) is -0.587. The van der Waals surface area contributed by atoms with Crippen molar-refractivity contribution in [3.8, 4) is 0 Å². The predicted octanol–water partition coefficient (Wildman–Crippen LogP) is 2.51. The molecule has 1 aromatic carbocycles. The number of nitrogens with one attached hydrogen (secondary N) is 1. The van der Waals surface area contributed by atoms with Crippen molar-refractivity contribution < 1.29 is 23.3 Å². The molecule has 0 spiro atoms. The van der Waals surface area contributed by atoms with Crippen LogP contribution in [0.1, 0.15) is 26.3 Å². The molecule has 0 aliphatic heterocycles. The van der Waals surface area contributed by atoms with Gasteiger partial charge in [-0.05, 0) is 19.1 Å². The van der Waals surface area contributed by atoms with Crippen LogP contribution in [0.4, 0.5) is 24.5 Å². The zero-order chi connectivity index (χ0) is 14.6. The molecule has 3 nitrogen and oxygen atoms in total. The van der Waals surface area contributed by atoms with E-state index in [1.807, 2.05) is 0 Å². The fourth-order valence-electron chi connectivity index (χ4n) is 1.56. The van der Waals surface area contributed by atoms with E-state index in [2.05, 4.69) is 5.32 Å². The number of halogens is 3. The summed E-state index contributed by atoms with van der Waals surface area (Å²) in [5, 5.41) is 3.98. The summed E-state index contributed by atoms with van der Waals surface area (Å²) in [5.41, 5.74) is -0.423. The Hall–Kier alpha value is -1.56. The van der Waals surface area contributed by atoms with Gasteiger partial charge in [0.15, 0.2) is 0 Å². The van der Waals surface area contributed by atoms with Crippen LogP contribution in [0.5, 0.6) is 0 Å². The Balaban J connectivity index is 3.08. The largest absolute Gasteiger partial charge is 0.422 e. The smallest absolute Gasteiger partial charge is 0.326 e. The molecule has 6 heteroatoms. The molecule has 1 rings (SSSR count). The SMILES string of the molecule is CC[NH2+]c1ccc(NC(=O)C(C)C)cc1C(F)(F)F. The van der Waals surface area contributed by atoms with Crippen LogP contribution in [0.25, 0.3) is 0 Å². The molecule has 0 saturated heterocycles. The van der Waals surface area contributed by atoms with Gasteiger partial charge in [0.25, 0.3) is 0 Å². The summed E-state index contributed by atoms with van der Waals surface area (Å²) in [6.07, 6.45) is -4.43. The van der Waals surface area contributed by atoms with Crippen LogP contribution >= 0.6 is 0 Å². The lowest BCUT2D eigenvalue weighted by atomic mass is 10.1. The number of carbonyl (C=O) groups is 1. The highest BCUT2D eigenvalue weighted by atomic mass is 19.4. The van der Waals surface area contributed by atoms with Crippen molar-refractivity contribution >= 4 is 17.3 Å². The first-order valence-electron chi connectivity index (χ1n) is 6.11. The molecule has 19 heavy (non-hydrogen) atoms. The monoisotopic (exact) mass is 275 g/mol. The van der Waals surface area contributed by atoms with E-state index >= 15 is 0 Å². The van der Waals surface area contributed by atoms with Crippen LogP contribution in [-0.2, 0) is 11.0 Å². The number of amides is 1. The molecule has 106 valence electrons. The molecule has 0 atom stereocenters. The van der Waals surface area contributed by atoms with E-state index in [0.717, 1.165) is 6.07 Å². The molecule has 0 unspecified atom stereocenters. The molecule has 0 aliphatic carbocycles. The van der Waals surface area contributed by atoms with Crippen molar-refractivity contribution in [1.82, 2.24) is 0 Å². The first-order valence-corrected chi connectivity index (χ1v) is 6.11. The number of hydrogen-bond donors (Lipinski definition) is 2. The Morgan fingerprint density at radius 2 is 2.00 bits per heavy atom. The Bertz CT molecular complexity index is 456. The fraction of sp³-hybridized carbons (Fsp3) is 0.462. The molecule has 0 saturated carbocycles. The van der Waals surface area contributed by atoms with Gasteiger partial charge in [-0.3, -0.25) is 4.79 Å². The van der Waals surface area contributed by atoms with Crippen molar-refractivity contribution in [3.05, 3.63) is 23.8 Å². The van der Waals surface area contributed by atoms with Gasteiger partial charge < -0.3 is 10.6 Å². The minimum absolute atomic E-state index is 0.137. The lowest BCUT2D eigenvalue weighted by Crippen LogP contribution is -2.77. The zero-order valence-corrected chi connectivity index (χ0v) is 11.1. The predicted molar refractivity (Wildman–Crippen MR) is 67.0 cm³/mol. The molecule has 0 aliphatic rings. The van der Waals surface area contributed by atoms with Gasteiger partial charge in [0.2, 0.25) is 5.91 Å². The Labute approximate surface area is 110 Å². The van der Waals surface area contributed by atoms with E-state index in [1.165, 1.54) is 17.4 Å². The Morgan fingerprint density at radius 3 is 2.47 bits per heavy atom. The number of alkyl halides is 3. The molecule has 0 radical (unpaired) electrons. The maximum Gasteiger partial charge on any atom is 0.422 e. The number of quaternary nitrogens is 1. The molecule has 1 amide bonds. The van der Waals surface area contributed by atoms with E-state index in [0.29, 0.717) is 6.54 Å². The first-order chi connectivity index (χ1) is 8.75. The second-order valence-electron chi connectivity index (χ2n) is 4.56. The van der Waals surface area contributed by atoms with Crippen LogP contribution in [0.15, 0.2) is 18.2 Å². The number of carbonyl (C=O) groups excluding carboxylic acids is 1. The molecule has 1 aromatic rings. The van der Waals surface area contributed by atoms with Crippen LogP contribution in [0.3, 0.4) is 0 Å². The number of anilines is 1. The van der Waals surface area contributed by atoms with Crippen molar-refractivity contribution in [2.24, 2.45) is 5.92 Å². The Kier molecular flexibility index (Phi) is 4.94. The second-order valence-corrected chi connectivity index (χ2v) is 4.56. The van der Waals surface area contributed by atoms with Gasteiger partial charge in [0.05, 0.1) is 6.54 Å². The lowest BCUT2D eigenvalue weighted by molar-refractivity contribution is -0.569. The number of hydrogen-bond acceptors (Lipinski definition) is 1. The summed E-state index contributed by atoms with van der Waals surface area (Å²) in [6, 6.07) is 3.83. The third-order valence-corrected chi connectivity index (χ3v) is 2.57. The first kappa shape index (κ1) is 15.5. The zero-order valence-electron chi connectivity index (χ0n) is 11.1. The van der Waals surface area contributed by atoms with E-state index in [1.54, 1.807) is 20.8 Å². The minimum atomic E-state index is -4.43. The maximum absolute atomic E-state index is 12.9. The van der Waals surface area contributed by atoms with Gasteiger partial charge >= 0.3 is 6.18 Å². The highest BCUT2D eigenvalue weighted by Crippen LogP contribution is 2.34. The molecule has 0 heterocycles. The van der Waals surface area contributed by atoms with Crippen LogP contribution in [-0.4, -0.2) is 12.5 Å². The minimum Gasteiger partial charge on any atom is -0.326 e. The molecule has 0 bridgehead atoms. The number of nitrogens with two attached hydrogens (primary N) is 1.